The topological polar surface area (TPSA) is 103 Å². The average Bonchev–Trinajstić information content (AvgIpc) is 3.47. The van der Waals surface area contributed by atoms with Crippen LogP contribution in [0.15, 0.2) is 51.5 Å². The molecule has 0 unspecified atom stereocenters. The molecule has 0 bridgehead atoms. The molecule has 1 aromatic carbocycles. The van der Waals surface area contributed by atoms with Gasteiger partial charge in [0, 0.05) is 17.8 Å². The lowest BCUT2D eigenvalue weighted by molar-refractivity contribution is -0.122. The fourth-order valence-electron chi connectivity index (χ4n) is 3.92. The van der Waals surface area contributed by atoms with E-state index in [9.17, 15) is 29.1 Å². The second-order valence-corrected chi connectivity index (χ2v) is 10.9. The molecule has 4 rings (SSSR count). The molecule has 1 aliphatic heterocycles. The Bertz CT molecular complexity index is 1520. The third-order valence-corrected chi connectivity index (χ3v) is 8.01. The first-order valence-electron chi connectivity index (χ1n) is 11.1. The lowest BCUT2D eigenvalue weighted by atomic mass is 9.99. The van der Waals surface area contributed by atoms with Crippen molar-refractivity contribution in [2.75, 3.05) is 6.54 Å². The highest BCUT2D eigenvalue weighted by Gasteiger charge is 2.32. The van der Waals surface area contributed by atoms with Crippen molar-refractivity contribution in [1.29, 1.82) is 5.26 Å². The van der Waals surface area contributed by atoms with Crippen molar-refractivity contribution in [2.45, 2.75) is 26.3 Å². The van der Waals surface area contributed by atoms with Crippen LogP contribution in [0.3, 0.4) is 0 Å². The summed E-state index contributed by atoms with van der Waals surface area (Å²) in [5.41, 5.74) is -0.515. The SMILES string of the molecule is Cc1c(C(=O)CCCN2C(=O)/C(=C/c3cccs3)SC2=S)c(O)n(Cc2ccc(F)cc2)c(=O)c1C#N. The maximum atomic E-state index is 13.3. The molecule has 1 N–H and O–H groups in total. The highest BCUT2D eigenvalue weighted by Crippen LogP contribution is 2.33. The Kier molecular flexibility index (Phi) is 8.02. The van der Waals surface area contributed by atoms with Gasteiger partial charge in [-0.3, -0.25) is 23.9 Å². The normalized spacial score (nSPS) is 14.4. The largest absolute Gasteiger partial charge is 0.494 e. The number of thioether (sulfide) groups is 1. The predicted octanol–water partition coefficient (Wildman–Crippen LogP) is 4.85. The number of hydrogen-bond acceptors (Lipinski definition) is 8. The molecule has 1 amide bonds. The van der Waals surface area contributed by atoms with E-state index in [4.69, 9.17) is 12.2 Å². The van der Waals surface area contributed by atoms with E-state index in [1.54, 1.807) is 6.08 Å². The third-order valence-electron chi connectivity index (χ3n) is 5.81. The van der Waals surface area contributed by atoms with Crippen molar-refractivity contribution in [3.05, 3.63) is 90.0 Å². The van der Waals surface area contributed by atoms with Crippen LogP contribution in [0.2, 0.25) is 0 Å². The zero-order valence-electron chi connectivity index (χ0n) is 19.6. The molecule has 0 atom stereocenters. The molecule has 3 aromatic rings. The molecule has 0 radical (unpaired) electrons. The van der Waals surface area contributed by atoms with E-state index in [1.807, 2.05) is 23.6 Å². The quantitative estimate of drug-likeness (QED) is 0.242. The van der Waals surface area contributed by atoms with Crippen molar-refractivity contribution in [1.82, 2.24) is 9.47 Å². The van der Waals surface area contributed by atoms with Gasteiger partial charge in [0.15, 0.2) is 5.78 Å². The number of rotatable bonds is 8. The summed E-state index contributed by atoms with van der Waals surface area (Å²) in [6, 6.07) is 10.9. The smallest absolute Gasteiger partial charge is 0.271 e. The van der Waals surface area contributed by atoms with Crippen LogP contribution in [0.1, 0.15) is 44.8 Å². The summed E-state index contributed by atoms with van der Waals surface area (Å²) in [5, 5.41) is 22.3. The van der Waals surface area contributed by atoms with Gasteiger partial charge in [-0.1, -0.05) is 42.2 Å². The van der Waals surface area contributed by atoms with Crippen LogP contribution in [-0.4, -0.2) is 37.1 Å². The van der Waals surface area contributed by atoms with E-state index in [-0.39, 0.29) is 48.5 Å². The minimum Gasteiger partial charge on any atom is -0.494 e. The van der Waals surface area contributed by atoms with E-state index in [1.165, 1.54) is 59.2 Å². The number of carbonyl (C=O) groups is 2. The fraction of sp³-hybridized carbons (Fsp3) is 0.192. The number of halogens is 1. The number of aromatic hydroxyl groups is 1. The number of thiophene rings is 1. The molecule has 188 valence electrons. The molecule has 1 fully saturated rings. The van der Waals surface area contributed by atoms with Crippen molar-refractivity contribution < 1.29 is 19.1 Å². The number of ketones is 1. The Labute approximate surface area is 225 Å². The summed E-state index contributed by atoms with van der Waals surface area (Å²) in [7, 11) is 0. The zero-order valence-corrected chi connectivity index (χ0v) is 22.0. The maximum absolute atomic E-state index is 13.3. The first kappa shape index (κ1) is 26.5. The second-order valence-electron chi connectivity index (χ2n) is 8.20. The van der Waals surface area contributed by atoms with Gasteiger partial charge in [0.2, 0.25) is 5.88 Å². The van der Waals surface area contributed by atoms with E-state index < -0.39 is 23.0 Å². The van der Waals surface area contributed by atoms with Gasteiger partial charge in [-0.2, -0.15) is 5.26 Å². The van der Waals surface area contributed by atoms with E-state index in [0.29, 0.717) is 14.8 Å². The first-order valence-corrected chi connectivity index (χ1v) is 13.2. The molecule has 0 aliphatic carbocycles. The van der Waals surface area contributed by atoms with Gasteiger partial charge in [-0.15, -0.1) is 11.3 Å². The Morgan fingerprint density at radius 1 is 1.24 bits per heavy atom. The molecule has 7 nitrogen and oxygen atoms in total. The van der Waals surface area contributed by atoms with Crippen molar-refractivity contribution in [3.63, 3.8) is 0 Å². The van der Waals surface area contributed by atoms with Crippen molar-refractivity contribution in [3.8, 4) is 11.9 Å². The Balaban J connectivity index is 1.52. The summed E-state index contributed by atoms with van der Waals surface area (Å²) in [6.45, 7) is 1.50. The molecule has 1 aliphatic rings. The molecule has 1 saturated heterocycles. The van der Waals surface area contributed by atoms with Gasteiger partial charge >= 0.3 is 0 Å². The van der Waals surface area contributed by atoms with Gasteiger partial charge in [-0.25, -0.2) is 4.39 Å². The highest BCUT2D eigenvalue weighted by molar-refractivity contribution is 8.26. The minimum absolute atomic E-state index is 0.0466. The van der Waals surface area contributed by atoms with Gasteiger partial charge < -0.3 is 5.11 Å². The predicted molar refractivity (Wildman–Crippen MR) is 145 cm³/mol. The van der Waals surface area contributed by atoms with Gasteiger partial charge in [0.1, 0.15) is 21.8 Å². The van der Waals surface area contributed by atoms with Crippen LogP contribution >= 0.6 is 35.3 Å². The summed E-state index contributed by atoms with van der Waals surface area (Å²) in [6.07, 6.45) is 1.99. The Hall–Kier alpha value is -3.59. The number of hydrogen-bond donors (Lipinski definition) is 1. The number of carbonyl (C=O) groups excluding carboxylic acids is 2. The summed E-state index contributed by atoms with van der Waals surface area (Å²) in [5.74, 6) is -1.71. The number of thiocarbonyl (C=S) groups is 1. The fourth-order valence-corrected chi connectivity index (χ4v) is 5.95. The Morgan fingerprint density at radius 3 is 2.62 bits per heavy atom. The number of benzene rings is 1. The highest BCUT2D eigenvalue weighted by atomic mass is 32.2. The van der Waals surface area contributed by atoms with Crippen LogP contribution in [0, 0.1) is 24.1 Å². The standard InChI is InChI=1S/C26H20FN3O4S3/c1-15-19(13-28)23(32)30(14-16-6-8-17(27)9-7-16)25(34)22(15)20(31)5-2-10-29-24(33)21(37-26(29)35)12-18-4-3-11-36-18/h3-4,6-9,11-12,34H,2,5,10,14H2,1H3/b21-12-. The van der Waals surface area contributed by atoms with E-state index in [0.717, 1.165) is 9.44 Å². The van der Waals surface area contributed by atoms with Crippen molar-refractivity contribution >= 4 is 57.4 Å². The van der Waals surface area contributed by atoms with Crippen LogP contribution in [-0.2, 0) is 11.3 Å². The molecular formula is C26H20FN3O4S3. The summed E-state index contributed by atoms with van der Waals surface area (Å²) >= 11 is 8.06. The van der Waals surface area contributed by atoms with Gasteiger partial charge in [0.05, 0.1) is 17.0 Å². The molecule has 3 heterocycles. The first-order chi connectivity index (χ1) is 17.7. The maximum Gasteiger partial charge on any atom is 0.271 e. The molecule has 11 heteroatoms. The molecule has 2 aromatic heterocycles. The Morgan fingerprint density at radius 2 is 1.97 bits per heavy atom. The van der Waals surface area contributed by atoms with Crippen LogP contribution in [0.5, 0.6) is 5.88 Å². The molecule has 0 spiro atoms. The molecular weight excluding hydrogens is 534 g/mol. The summed E-state index contributed by atoms with van der Waals surface area (Å²) in [4.78, 5) is 41.6. The van der Waals surface area contributed by atoms with Crippen LogP contribution in [0.25, 0.3) is 6.08 Å². The third kappa shape index (κ3) is 5.56. The van der Waals surface area contributed by atoms with Crippen molar-refractivity contribution in [2.24, 2.45) is 0 Å². The lowest BCUT2D eigenvalue weighted by Gasteiger charge is -2.17. The monoisotopic (exact) mass is 553 g/mol. The number of nitriles is 1. The average molecular weight is 554 g/mol. The lowest BCUT2D eigenvalue weighted by Crippen LogP contribution is -2.30. The molecule has 0 saturated carbocycles. The summed E-state index contributed by atoms with van der Waals surface area (Å²) < 4.78 is 14.6. The number of amides is 1. The van der Waals surface area contributed by atoms with Gasteiger partial charge in [-0.05, 0) is 54.1 Å². The van der Waals surface area contributed by atoms with Crippen LogP contribution < -0.4 is 5.56 Å². The van der Waals surface area contributed by atoms with E-state index >= 15 is 0 Å². The second kappa shape index (κ2) is 11.2. The van der Waals surface area contributed by atoms with Gasteiger partial charge in [0.25, 0.3) is 11.5 Å². The molecule has 37 heavy (non-hydrogen) atoms. The number of pyridine rings is 1. The number of Topliss-reactive ketones (excluding diaryl/α,β-unsaturated/α-hetero) is 1. The van der Waals surface area contributed by atoms with Crippen LogP contribution in [0.4, 0.5) is 4.39 Å². The van der Waals surface area contributed by atoms with E-state index in [2.05, 4.69) is 0 Å². The number of aromatic nitrogens is 1. The zero-order chi connectivity index (χ0) is 26.7. The minimum atomic E-state index is -0.742. The number of nitrogens with zero attached hydrogens (tertiary/aromatic N) is 3.